The summed E-state index contributed by atoms with van der Waals surface area (Å²) >= 11 is 1.44. The van der Waals surface area contributed by atoms with Crippen LogP contribution in [0.4, 0.5) is 0 Å². The molecule has 0 aliphatic rings. The summed E-state index contributed by atoms with van der Waals surface area (Å²) in [7, 11) is 1.92. The molecule has 1 N–H and O–H groups in total. The van der Waals surface area contributed by atoms with E-state index < -0.39 is 0 Å². The molecule has 0 bridgehead atoms. The maximum Gasteiger partial charge on any atom is 0.230 e. The number of thioether (sulfide) groups is 1. The highest BCUT2D eigenvalue weighted by Gasteiger charge is 2.11. The van der Waals surface area contributed by atoms with E-state index in [0.29, 0.717) is 5.75 Å². The summed E-state index contributed by atoms with van der Waals surface area (Å²) in [5.41, 5.74) is 3.46. The number of rotatable bonds is 6. The molecule has 3 aromatic rings. The van der Waals surface area contributed by atoms with Crippen LogP contribution in [0.2, 0.25) is 0 Å². The van der Waals surface area contributed by atoms with E-state index in [9.17, 15) is 4.79 Å². The third-order valence-electron chi connectivity index (χ3n) is 4.00. The highest BCUT2D eigenvalue weighted by molar-refractivity contribution is 7.99. The van der Waals surface area contributed by atoms with Crippen molar-refractivity contribution in [3.63, 3.8) is 0 Å². The fraction of sp³-hybridized carbons (Fsp3) is 0.200. The number of imidazole rings is 1. The number of nitrogens with zero attached hydrogens (tertiary/aromatic N) is 2. The number of hydrogen-bond acceptors (Lipinski definition) is 3. The summed E-state index contributed by atoms with van der Waals surface area (Å²) in [5, 5.41) is 3.88. The molecule has 5 heteroatoms. The molecule has 25 heavy (non-hydrogen) atoms. The topological polar surface area (TPSA) is 46.9 Å². The molecule has 1 atom stereocenters. The van der Waals surface area contributed by atoms with Crippen molar-refractivity contribution in [2.45, 2.75) is 18.1 Å². The Bertz CT molecular complexity index is 828. The second-order valence-corrected chi connectivity index (χ2v) is 6.83. The second-order valence-electron chi connectivity index (χ2n) is 5.89. The monoisotopic (exact) mass is 351 g/mol. The molecule has 2 aromatic carbocycles. The van der Waals surface area contributed by atoms with Gasteiger partial charge in [0.2, 0.25) is 5.91 Å². The molecule has 3 rings (SSSR count). The lowest BCUT2D eigenvalue weighted by atomic mass is 10.0. The fourth-order valence-corrected chi connectivity index (χ4v) is 3.33. The smallest absolute Gasteiger partial charge is 0.230 e. The summed E-state index contributed by atoms with van der Waals surface area (Å²) in [4.78, 5) is 16.4. The number of carbonyl (C=O) groups excluding carboxylic acids is 1. The van der Waals surface area contributed by atoms with Gasteiger partial charge in [0.1, 0.15) is 0 Å². The lowest BCUT2D eigenvalue weighted by molar-refractivity contribution is -0.119. The molecule has 1 amide bonds. The van der Waals surface area contributed by atoms with Gasteiger partial charge in [0, 0.05) is 19.4 Å². The first-order valence-corrected chi connectivity index (χ1v) is 9.17. The number of aryl methyl sites for hydroxylation is 1. The number of hydrogen-bond donors (Lipinski definition) is 1. The molecule has 0 radical (unpaired) electrons. The molecule has 1 heterocycles. The zero-order valence-corrected chi connectivity index (χ0v) is 15.2. The van der Waals surface area contributed by atoms with E-state index in [0.717, 1.165) is 10.7 Å². The number of nitrogens with one attached hydrogen (secondary N) is 1. The minimum absolute atomic E-state index is 0.00707. The van der Waals surface area contributed by atoms with Gasteiger partial charge in [-0.3, -0.25) is 4.79 Å². The van der Waals surface area contributed by atoms with Crippen LogP contribution in [0.3, 0.4) is 0 Å². The van der Waals surface area contributed by atoms with Crippen LogP contribution in [-0.4, -0.2) is 21.2 Å². The van der Waals surface area contributed by atoms with Crippen molar-refractivity contribution in [3.05, 3.63) is 72.6 Å². The zero-order chi connectivity index (χ0) is 17.6. The van der Waals surface area contributed by atoms with Gasteiger partial charge in [0.15, 0.2) is 5.16 Å². The van der Waals surface area contributed by atoms with Crippen molar-refractivity contribution in [1.82, 2.24) is 14.9 Å². The van der Waals surface area contributed by atoms with Crippen LogP contribution in [0, 0.1) is 0 Å². The van der Waals surface area contributed by atoms with Crippen LogP contribution in [-0.2, 0) is 11.8 Å². The van der Waals surface area contributed by atoms with Crippen molar-refractivity contribution in [2.75, 3.05) is 5.75 Å². The molecule has 0 aliphatic carbocycles. The standard InChI is InChI=1S/C20H21N3OS/c1-15(22-19(24)14-25-20-21-12-13-23(20)2)16-8-10-18(11-9-16)17-6-4-3-5-7-17/h3-13,15H,14H2,1-2H3,(H,22,24)/t15-/m0/s1. The number of aromatic nitrogens is 2. The summed E-state index contributed by atoms with van der Waals surface area (Å²) < 4.78 is 1.91. The summed E-state index contributed by atoms with van der Waals surface area (Å²) in [6.45, 7) is 2.00. The predicted molar refractivity (Wildman–Crippen MR) is 102 cm³/mol. The maximum absolute atomic E-state index is 12.2. The molecule has 0 fully saturated rings. The largest absolute Gasteiger partial charge is 0.349 e. The molecule has 4 nitrogen and oxygen atoms in total. The van der Waals surface area contributed by atoms with Crippen LogP contribution in [0.1, 0.15) is 18.5 Å². The number of amides is 1. The van der Waals surface area contributed by atoms with Crippen LogP contribution >= 0.6 is 11.8 Å². The van der Waals surface area contributed by atoms with Gasteiger partial charge >= 0.3 is 0 Å². The maximum atomic E-state index is 12.2. The average molecular weight is 351 g/mol. The molecule has 0 saturated heterocycles. The Kier molecular flexibility index (Phi) is 5.56. The lowest BCUT2D eigenvalue weighted by Crippen LogP contribution is -2.28. The normalized spacial score (nSPS) is 11.9. The van der Waals surface area contributed by atoms with Gasteiger partial charge in [-0.25, -0.2) is 4.98 Å². The molecule has 0 unspecified atom stereocenters. The molecule has 0 aliphatic heterocycles. The van der Waals surface area contributed by atoms with E-state index in [1.54, 1.807) is 6.20 Å². The first-order valence-electron chi connectivity index (χ1n) is 8.18. The van der Waals surface area contributed by atoms with Gasteiger partial charge in [-0.05, 0) is 23.6 Å². The van der Waals surface area contributed by atoms with Crippen LogP contribution in [0.5, 0.6) is 0 Å². The van der Waals surface area contributed by atoms with Gasteiger partial charge in [-0.15, -0.1) is 0 Å². The molecule has 0 saturated carbocycles. The van der Waals surface area contributed by atoms with Crippen molar-refractivity contribution in [2.24, 2.45) is 7.05 Å². The van der Waals surface area contributed by atoms with Gasteiger partial charge in [-0.2, -0.15) is 0 Å². The zero-order valence-electron chi connectivity index (χ0n) is 14.3. The highest BCUT2D eigenvalue weighted by atomic mass is 32.2. The third-order valence-corrected chi connectivity index (χ3v) is 5.06. The van der Waals surface area contributed by atoms with E-state index in [-0.39, 0.29) is 11.9 Å². The van der Waals surface area contributed by atoms with E-state index in [1.165, 1.54) is 22.9 Å². The lowest BCUT2D eigenvalue weighted by Gasteiger charge is -2.15. The second kappa shape index (κ2) is 8.03. The average Bonchev–Trinajstić information content (AvgIpc) is 3.06. The summed E-state index contributed by atoms with van der Waals surface area (Å²) in [6.07, 6.45) is 3.61. The Morgan fingerprint density at radius 3 is 2.44 bits per heavy atom. The van der Waals surface area contributed by atoms with E-state index in [2.05, 4.69) is 46.7 Å². The molecular formula is C20H21N3OS. The van der Waals surface area contributed by atoms with Crippen LogP contribution in [0.15, 0.2) is 72.1 Å². The quantitative estimate of drug-likeness (QED) is 0.681. The van der Waals surface area contributed by atoms with Gasteiger partial charge < -0.3 is 9.88 Å². The number of benzene rings is 2. The Hall–Kier alpha value is -2.53. The minimum Gasteiger partial charge on any atom is -0.349 e. The minimum atomic E-state index is -0.0284. The Morgan fingerprint density at radius 2 is 1.80 bits per heavy atom. The number of carbonyl (C=O) groups is 1. The molecular weight excluding hydrogens is 330 g/mol. The summed E-state index contributed by atoms with van der Waals surface area (Å²) in [5.74, 6) is 0.365. The third kappa shape index (κ3) is 4.51. The Labute approximate surface area is 152 Å². The van der Waals surface area contributed by atoms with Gasteiger partial charge in [0.05, 0.1) is 11.8 Å². The predicted octanol–water partition coefficient (Wildman–Crippen LogP) is 4.06. The van der Waals surface area contributed by atoms with Gasteiger partial charge in [0.25, 0.3) is 0 Å². The molecule has 1 aromatic heterocycles. The van der Waals surface area contributed by atoms with Crippen LogP contribution in [0.25, 0.3) is 11.1 Å². The SMILES string of the molecule is C[C@H](NC(=O)CSc1nccn1C)c1ccc(-c2ccccc2)cc1. The van der Waals surface area contributed by atoms with E-state index in [4.69, 9.17) is 0 Å². The first-order chi connectivity index (χ1) is 12.1. The van der Waals surface area contributed by atoms with Gasteiger partial charge in [-0.1, -0.05) is 66.4 Å². The highest BCUT2D eigenvalue weighted by Crippen LogP contribution is 2.22. The Morgan fingerprint density at radius 1 is 1.12 bits per heavy atom. The first kappa shape index (κ1) is 17.3. The van der Waals surface area contributed by atoms with Crippen molar-refractivity contribution >= 4 is 17.7 Å². The van der Waals surface area contributed by atoms with E-state index >= 15 is 0 Å². The van der Waals surface area contributed by atoms with E-state index in [1.807, 2.05) is 42.9 Å². The van der Waals surface area contributed by atoms with Crippen LogP contribution < -0.4 is 5.32 Å². The molecule has 0 spiro atoms. The van der Waals surface area contributed by atoms with Crippen molar-refractivity contribution in [3.8, 4) is 11.1 Å². The fourth-order valence-electron chi connectivity index (χ4n) is 2.58. The Balaban J connectivity index is 1.56. The summed E-state index contributed by atoms with van der Waals surface area (Å²) in [6, 6.07) is 18.6. The van der Waals surface area contributed by atoms with Crippen molar-refractivity contribution < 1.29 is 4.79 Å². The van der Waals surface area contributed by atoms with Crippen molar-refractivity contribution in [1.29, 1.82) is 0 Å². The molecule has 128 valence electrons.